The summed E-state index contributed by atoms with van der Waals surface area (Å²) in [6.07, 6.45) is 0.709. The van der Waals surface area contributed by atoms with E-state index in [1.165, 1.54) is 22.5 Å². The Morgan fingerprint density at radius 2 is 1.52 bits per heavy atom. The molecule has 4 amide bonds. The van der Waals surface area contributed by atoms with Crippen LogP contribution >= 0.6 is 22.7 Å². The Bertz CT molecular complexity index is 3150. The number of hydrogen-bond acceptors (Lipinski definition) is 14. The third kappa shape index (κ3) is 13.6. The number of hydrazone groups is 1. The van der Waals surface area contributed by atoms with Crippen molar-refractivity contribution in [2.24, 2.45) is 10.5 Å². The number of fused-ring (bicyclic) bond motifs is 1. The summed E-state index contributed by atoms with van der Waals surface area (Å²) in [6, 6.07) is 32.2. The highest BCUT2D eigenvalue weighted by Crippen LogP contribution is 2.46. The van der Waals surface area contributed by atoms with E-state index in [1.807, 2.05) is 94.7 Å². The van der Waals surface area contributed by atoms with Crippen LogP contribution in [0.5, 0.6) is 17.2 Å². The normalized spacial score (nSPS) is 15.5. The fraction of sp³-hybridized carbons (Fsp3) is 0.298. The van der Waals surface area contributed by atoms with E-state index in [1.54, 1.807) is 72.0 Å². The van der Waals surface area contributed by atoms with E-state index >= 15 is 0 Å². The van der Waals surface area contributed by atoms with Gasteiger partial charge in [0.25, 0.3) is 5.91 Å². The lowest BCUT2D eigenvalue weighted by atomic mass is 9.85. The predicted octanol–water partition coefficient (Wildman–Crippen LogP) is 8.62. The topological polar surface area (TPSA) is 221 Å². The first kappa shape index (κ1) is 53.8. The van der Waals surface area contributed by atoms with Gasteiger partial charge in [0.15, 0.2) is 0 Å². The number of benzene rings is 5. The molecule has 16 nitrogen and oxygen atoms in total. The molecule has 5 aromatic carbocycles. The van der Waals surface area contributed by atoms with E-state index < -0.39 is 41.3 Å². The lowest BCUT2D eigenvalue weighted by molar-refractivity contribution is -0.144. The third-order valence-corrected chi connectivity index (χ3v) is 14.8. The Balaban J connectivity index is 0.740. The molecule has 390 valence electrons. The second kappa shape index (κ2) is 24.2. The molecule has 75 heavy (non-hydrogen) atoms. The lowest BCUT2D eigenvalue weighted by Crippen LogP contribution is -2.58. The SMILES string of the molecule is Cc1ncsc1-c1ccc([C@H](C)NC(=O)[C@@H]2C[C@@H](O)CN2C(=O)[C@@H](NC(=O)COCCOCCOc2ccc(/C=N/NC(=O)c3cccc(-c4c(-c5ccc(O)cc5)sc5cc(O)ccc45)c3)cc2)C(C)(C)C)cc1. The number of phenolic OH excluding ortho intramolecular Hbond substituents is 2. The standard InChI is InChI=1S/C57H60N6O10S2/c1-34(37-11-13-38(14-12-37)51-35(2)58-33-74-51)60-55(69)47-28-44(66)31-63(47)56(70)53(57(3,4)5)61-49(67)32-72-24-23-71-25-26-73-45-20-9-36(10-21-45)30-59-62-54(68)41-8-6-7-40(27-41)50-46-22-19-43(65)29-48(46)75-52(50)39-15-17-42(64)18-16-39/h6-22,27,29-30,33-34,44,47,53,64-66H,23-26,28,31-32H2,1-5H3,(H,60,69)(H,61,67)(H,62,68)/b59-30+/t34-,44+,47-,53+/m0/s1. The molecule has 8 rings (SSSR count). The number of nitrogens with one attached hydrogen (secondary N) is 3. The largest absolute Gasteiger partial charge is 0.508 e. The van der Waals surface area contributed by atoms with Gasteiger partial charge in [0, 0.05) is 39.1 Å². The molecular weight excluding hydrogens is 993 g/mol. The van der Waals surface area contributed by atoms with E-state index in [4.69, 9.17) is 14.2 Å². The van der Waals surface area contributed by atoms with Crippen LogP contribution in [0.15, 0.2) is 126 Å². The number of rotatable bonds is 20. The Morgan fingerprint density at radius 3 is 2.24 bits per heavy atom. The van der Waals surface area contributed by atoms with Crippen molar-refractivity contribution in [3.63, 3.8) is 0 Å². The van der Waals surface area contributed by atoms with Gasteiger partial charge in [-0.05, 0) is 126 Å². The van der Waals surface area contributed by atoms with Crippen LogP contribution in [0.3, 0.4) is 0 Å². The number of β-amino-alcohol motifs (C(OH)–C–C–N with tert-alkyl or cyclic N) is 1. The summed E-state index contributed by atoms with van der Waals surface area (Å²) >= 11 is 3.08. The number of likely N-dealkylation sites (tertiary alicyclic amines) is 1. The fourth-order valence-corrected chi connectivity index (χ4v) is 10.8. The maximum absolute atomic E-state index is 14.1. The second-order valence-corrected chi connectivity index (χ2v) is 21.2. The predicted molar refractivity (Wildman–Crippen MR) is 291 cm³/mol. The molecule has 3 heterocycles. The minimum absolute atomic E-state index is 0.0376. The average Bonchev–Trinajstić information content (AvgIpc) is 4.13. The van der Waals surface area contributed by atoms with Crippen LogP contribution in [-0.4, -0.2) is 113 Å². The van der Waals surface area contributed by atoms with Gasteiger partial charge in [0.05, 0.1) is 54.3 Å². The Labute approximate surface area is 443 Å². The number of carbonyl (C=O) groups is 4. The van der Waals surface area contributed by atoms with Gasteiger partial charge in [-0.3, -0.25) is 19.2 Å². The molecule has 6 N–H and O–H groups in total. The van der Waals surface area contributed by atoms with E-state index in [9.17, 15) is 34.5 Å². The molecule has 2 aromatic heterocycles. The molecule has 7 aromatic rings. The number of aliphatic hydroxyl groups is 1. The maximum Gasteiger partial charge on any atom is 0.271 e. The van der Waals surface area contributed by atoms with Crippen LogP contribution < -0.4 is 20.8 Å². The fourth-order valence-electron chi connectivity index (χ4n) is 8.71. The van der Waals surface area contributed by atoms with Gasteiger partial charge in [0.1, 0.15) is 42.5 Å². The van der Waals surface area contributed by atoms with Gasteiger partial charge in [0.2, 0.25) is 17.7 Å². The Morgan fingerprint density at radius 1 is 0.827 bits per heavy atom. The zero-order chi connectivity index (χ0) is 53.2. The smallest absolute Gasteiger partial charge is 0.271 e. The van der Waals surface area contributed by atoms with Crippen LogP contribution in [0.4, 0.5) is 0 Å². The number of hydrogen-bond donors (Lipinski definition) is 6. The lowest BCUT2D eigenvalue weighted by Gasteiger charge is -2.35. The number of aromatic hydroxyl groups is 2. The number of aromatic nitrogens is 1. The number of phenols is 2. The molecule has 0 saturated carbocycles. The first-order valence-electron chi connectivity index (χ1n) is 24.5. The molecule has 18 heteroatoms. The van der Waals surface area contributed by atoms with Gasteiger partial charge in [-0.2, -0.15) is 5.10 Å². The molecule has 0 aliphatic carbocycles. The minimum Gasteiger partial charge on any atom is -0.508 e. The highest BCUT2D eigenvalue weighted by atomic mass is 32.1. The van der Waals surface area contributed by atoms with E-state index in [0.717, 1.165) is 58.9 Å². The number of aliphatic hydroxyl groups excluding tert-OH is 1. The summed E-state index contributed by atoms with van der Waals surface area (Å²) in [7, 11) is 0. The Hall–Kier alpha value is -7.48. The molecule has 0 radical (unpaired) electrons. The second-order valence-electron chi connectivity index (χ2n) is 19.3. The zero-order valence-corrected chi connectivity index (χ0v) is 43.9. The number of aryl methyl sites for hydroxylation is 1. The summed E-state index contributed by atoms with van der Waals surface area (Å²) in [6.45, 7) is 9.75. The minimum atomic E-state index is -0.995. The number of amides is 4. The number of ether oxygens (including phenoxy) is 3. The number of carbonyl (C=O) groups excluding carboxylic acids is 4. The van der Waals surface area contributed by atoms with Gasteiger partial charge in [-0.1, -0.05) is 57.2 Å². The van der Waals surface area contributed by atoms with Crippen molar-refractivity contribution >= 4 is 62.6 Å². The summed E-state index contributed by atoms with van der Waals surface area (Å²) in [5.74, 6) is -0.834. The third-order valence-electron chi connectivity index (χ3n) is 12.6. The van der Waals surface area contributed by atoms with Crippen LogP contribution in [0.2, 0.25) is 0 Å². The first-order chi connectivity index (χ1) is 36.0. The molecule has 0 unspecified atom stereocenters. The average molecular weight is 1050 g/mol. The number of thiazole rings is 1. The van der Waals surface area contributed by atoms with Crippen LogP contribution in [0.1, 0.15) is 67.3 Å². The molecule has 4 atom stereocenters. The van der Waals surface area contributed by atoms with E-state index in [2.05, 4.69) is 26.1 Å². The molecule has 1 saturated heterocycles. The Kier molecular flexibility index (Phi) is 17.4. The van der Waals surface area contributed by atoms with Crippen molar-refractivity contribution in [2.75, 3.05) is 39.6 Å². The highest BCUT2D eigenvalue weighted by molar-refractivity contribution is 7.23. The highest BCUT2D eigenvalue weighted by Gasteiger charge is 2.44. The van der Waals surface area contributed by atoms with Gasteiger partial charge in [-0.25, -0.2) is 10.4 Å². The van der Waals surface area contributed by atoms with Gasteiger partial charge >= 0.3 is 0 Å². The monoisotopic (exact) mass is 1050 g/mol. The number of nitrogens with zero attached hydrogens (tertiary/aromatic N) is 3. The molecule has 1 aliphatic rings. The molecule has 0 spiro atoms. The summed E-state index contributed by atoms with van der Waals surface area (Å²) in [5.41, 5.74) is 10.3. The van der Waals surface area contributed by atoms with E-state index in [0.29, 0.717) is 11.3 Å². The van der Waals surface area contributed by atoms with Crippen molar-refractivity contribution in [3.05, 3.63) is 143 Å². The number of thiophene rings is 1. The summed E-state index contributed by atoms with van der Waals surface area (Å²) in [5, 5.41) is 41.6. The molecule has 1 fully saturated rings. The van der Waals surface area contributed by atoms with E-state index in [-0.39, 0.29) is 69.4 Å². The van der Waals surface area contributed by atoms with Crippen molar-refractivity contribution in [1.29, 1.82) is 0 Å². The zero-order valence-electron chi connectivity index (χ0n) is 42.2. The van der Waals surface area contributed by atoms with Crippen LogP contribution in [-0.2, 0) is 23.9 Å². The van der Waals surface area contributed by atoms with Crippen molar-refractivity contribution < 1.29 is 48.7 Å². The van der Waals surface area contributed by atoms with Gasteiger partial charge in [-0.15, -0.1) is 22.7 Å². The van der Waals surface area contributed by atoms with Crippen molar-refractivity contribution in [3.8, 4) is 49.3 Å². The van der Waals surface area contributed by atoms with Crippen LogP contribution in [0.25, 0.3) is 42.1 Å². The van der Waals surface area contributed by atoms with Gasteiger partial charge < -0.3 is 45.1 Å². The van der Waals surface area contributed by atoms with Crippen molar-refractivity contribution in [1.82, 2.24) is 25.9 Å². The van der Waals surface area contributed by atoms with Crippen LogP contribution in [0, 0.1) is 12.3 Å². The quantitative estimate of drug-likeness (QED) is 0.0241. The summed E-state index contributed by atoms with van der Waals surface area (Å²) < 4.78 is 17.9. The molecular formula is C57H60N6O10S2. The first-order valence-corrected chi connectivity index (χ1v) is 26.2. The summed E-state index contributed by atoms with van der Waals surface area (Å²) in [4.78, 5) is 61.7. The van der Waals surface area contributed by atoms with Crippen molar-refractivity contribution in [2.45, 2.75) is 65.3 Å². The maximum atomic E-state index is 14.1. The molecule has 1 aliphatic heterocycles. The molecule has 0 bridgehead atoms.